The number of thiocarbonyl (C=S) groups is 1. The number of hydrogen-bond acceptors (Lipinski definition) is 3. The van der Waals surface area contributed by atoms with E-state index in [1.165, 1.54) is 11.1 Å². The average molecular weight is 363 g/mol. The molecule has 0 saturated heterocycles. The SMILES string of the molecule is COc1ccc(Cc2cccnc2NC(=S)NCc2ccccc2)cc1. The molecule has 0 bridgehead atoms. The van der Waals surface area contributed by atoms with Crippen LogP contribution in [0.3, 0.4) is 0 Å². The monoisotopic (exact) mass is 363 g/mol. The fourth-order valence-electron chi connectivity index (χ4n) is 2.59. The largest absolute Gasteiger partial charge is 0.497 e. The average Bonchev–Trinajstić information content (AvgIpc) is 2.69. The number of benzene rings is 2. The van der Waals surface area contributed by atoms with E-state index < -0.39 is 0 Å². The zero-order chi connectivity index (χ0) is 18.2. The molecule has 2 aromatic carbocycles. The fraction of sp³-hybridized carbons (Fsp3) is 0.143. The molecule has 0 atom stereocenters. The van der Waals surface area contributed by atoms with Crippen LogP contribution in [-0.4, -0.2) is 17.2 Å². The van der Waals surface area contributed by atoms with E-state index >= 15 is 0 Å². The van der Waals surface area contributed by atoms with Crippen LogP contribution >= 0.6 is 12.2 Å². The van der Waals surface area contributed by atoms with Gasteiger partial charge in [0.25, 0.3) is 0 Å². The molecule has 3 rings (SSSR count). The molecule has 3 aromatic rings. The van der Waals surface area contributed by atoms with Crippen molar-refractivity contribution in [1.29, 1.82) is 0 Å². The lowest BCUT2D eigenvalue weighted by Crippen LogP contribution is -2.28. The van der Waals surface area contributed by atoms with E-state index in [0.717, 1.165) is 23.6 Å². The number of nitrogens with zero attached hydrogens (tertiary/aromatic N) is 1. The summed E-state index contributed by atoms with van der Waals surface area (Å²) in [5.41, 5.74) is 3.45. The molecule has 0 aliphatic carbocycles. The molecule has 0 aliphatic rings. The maximum atomic E-state index is 5.41. The molecule has 0 unspecified atom stereocenters. The zero-order valence-corrected chi connectivity index (χ0v) is 15.4. The Bertz CT molecular complexity index is 851. The summed E-state index contributed by atoms with van der Waals surface area (Å²) >= 11 is 5.41. The topological polar surface area (TPSA) is 46.2 Å². The summed E-state index contributed by atoms with van der Waals surface area (Å²) in [6.07, 6.45) is 2.53. The zero-order valence-electron chi connectivity index (χ0n) is 14.6. The second kappa shape index (κ2) is 8.97. The molecule has 1 heterocycles. The highest BCUT2D eigenvalue weighted by molar-refractivity contribution is 7.80. The smallest absolute Gasteiger partial charge is 0.172 e. The molecule has 0 spiro atoms. The quantitative estimate of drug-likeness (QED) is 0.644. The standard InChI is InChI=1S/C21H21N3OS/c1-25-19-11-9-16(10-12-19)14-18-8-5-13-22-20(18)24-21(26)23-15-17-6-3-2-4-7-17/h2-13H,14-15H2,1H3,(H2,22,23,24,26). The summed E-state index contributed by atoms with van der Waals surface area (Å²) in [6, 6.07) is 22.2. The summed E-state index contributed by atoms with van der Waals surface area (Å²) in [6.45, 7) is 0.674. The van der Waals surface area contributed by atoms with E-state index in [1.54, 1.807) is 13.3 Å². The van der Waals surface area contributed by atoms with Crippen LogP contribution in [0.4, 0.5) is 5.82 Å². The van der Waals surface area contributed by atoms with Crippen molar-refractivity contribution in [1.82, 2.24) is 10.3 Å². The summed E-state index contributed by atoms with van der Waals surface area (Å²) < 4.78 is 5.21. The predicted octanol–water partition coefficient (Wildman–Crippen LogP) is 4.17. The number of rotatable bonds is 6. The number of methoxy groups -OCH3 is 1. The minimum atomic E-state index is 0.559. The minimum absolute atomic E-state index is 0.559. The van der Waals surface area contributed by atoms with Crippen LogP contribution in [0, 0.1) is 0 Å². The first-order chi connectivity index (χ1) is 12.7. The van der Waals surface area contributed by atoms with Crippen LogP contribution in [0.15, 0.2) is 72.9 Å². The first-order valence-electron chi connectivity index (χ1n) is 8.40. The van der Waals surface area contributed by atoms with E-state index in [0.29, 0.717) is 11.7 Å². The van der Waals surface area contributed by atoms with E-state index in [4.69, 9.17) is 17.0 Å². The van der Waals surface area contributed by atoms with Crippen molar-refractivity contribution >= 4 is 23.1 Å². The number of anilines is 1. The highest BCUT2D eigenvalue weighted by atomic mass is 32.1. The van der Waals surface area contributed by atoms with Crippen molar-refractivity contribution in [3.8, 4) is 5.75 Å². The number of ether oxygens (including phenoxy) is 1. The second-order valence-corrected chi connectivity index (χ2v) is 6.24. The molecule has 1 aromatic heterocycles. The lowest BCUT2D eigenvalue weighted by molar-refractivity contribution is 0.414. The van der Waals surface area contributed by atoms with E-state index in [-0.39, 0.29) is 0 Å². The summed E-state index contributed by atoms with van der Waals surface area (Å²) in [4.78, 5) is 4.44. The van der Waals surface area contributed by atoms with Crippen molar-refractivity contribution in [2.24, 2.45) is 0 Å². The Labute approximate surface area is 159 Å². The van der Waals surface area contributed by atoms with Crippen molar-refractivity contribution in [3.05, 3.63) is 89.6 Å². The van der Waals surface area contributed by atoms with Crippen molar-refractivity contribution in [2.75, 3.05) is 12.4 Å². The van der Waals surface area contributed by atoms with Gasteiger partial charge in [-0.2, -0.15) is 0 Å². The third kappa shape index (κ3) is 5.04. The number of pyridine rings is 1. The molecule has 0 aliphatic heterocycles. The van der Waals surface area contributed by atoms with Crippen LogP contribution in [0.2, 0.25) is 0 Å². The Morgan fingerprint density at radius 1 is 0.962 bits per heavy atom. The Morgan fingerprint density at radius 2 is 1.73 bits per heavy atom. The lowest BCUT2D eigenvalue weighted by atomic mass is 10.1. The van der Waals surface area contributed by atoms with Crippen molar-refractivity contribution in [3.63, 3.8) is 0 Å². The number of aromatic nitrogens is 1. The number of nitrogens with one attached hydrogen (secondary N) is 2. The maximum absolute atomic E-state index is 5.41. The van der Waals surface area contributed by atoms with Gasteiger partial charge in [-0.25, -0.2) is 4.98 Å². The van der Waals surface area contributed by atoms with E-state index in [2.05, 4.69) is 45.9 Å². The van der Waals surface area contributed by atoms with Gasteiger partial charge in [-0.3, -0.25) is 0 Å². The Hall–Kier alpha value is -2.92. The van der Waals surface area contributed by atoms with Gasteiger partial charge in [-0.15, -0.1) is 0 Å². The van der Waals surface area contributed by atoms with Gasteiger partial charge in [0.05, 0.1) is 7.11 Å². The molecule has 0 radical (unpaired) electrons. The molecule has 0 amide bonds. The summed E-state index contributed by atoms with van der Waals surface area (Å²) in [5.74, 6) is 1.62. The van der Waals surface area contributed by atoms with Gasteiger partial charge < -0.3 is 15.4 Å². The van der Waals surface area contributed by atoms with Crippen molar-refractivity contribution < 1.29 is 4.74 Å². The predicted molar refractivity (Wildman–Crippen MR) is 110 cm³/mol. The van der Waals surface area contributed by atoms with E-state index in [9.17, 15) is 0 Å². The van der Waals surface area contributed by atoms with Gasteiger partial charge in [-0.05, 0) is 47.1 Å². The molecular weight excluding hydrogens is 342 g/mol. The maximum Gasteiger partial charge on any atom is 0.172 e. The normalized spacial score (nSPS) is 10.2. The van der Waals surface area contributed by atoms with Gasteiger partial charge in [-0.1, -0.05) is 48.5 Å². The highest BCUT2D eigenvalue weighted by Gasteiger charge is 2.07. The van der Waals surface area contributed by atoms with Crippen LogP contribution in [0.1, 0.15) is 16.7 Å². The second-order valence-electron chi connectivity index (χ2n) is 5.83. The molecule has 0 fully saturated rings. The summed E-state index contributed by atoms with van der Waals surface area (Å²) in [7, 11) is 1.67. The molecule has 132 valence electrons. The first kappa shape index (κ1) is 17.9. The van der Waals surface area contributed by atoms with Gasteiger partial charge >= 0.3 is 0 Å². The van der Waals surface area contributed by atoms with Crippen LogP contribution in [0.25, 0.3) is 0 Å². The highest BCUT2D eigenvalue weighted by Crippen LogP contribution is 2.19. The third-order valence-corrected chi connectivity index (χ3v) is 4.22. The van der Waals surface area contributed by atoms with Gasteiger partial charge in [0.2, 0.25) is 0 Å². The Morgan fingerprint density at radius 3 is 2.46 bits per heavy atom. The molecule has 0 saturated carbocycles. The van der Waals surface area contributed by atoms with Gasteiger partial charge in [0, 0.05) is 19.2 Å². The molecule has 4 nitrogen and oxygen atoms in total. The van der Waals surface area contributed by atoms with Gasteiger partial charge in [0.15, 0.2) is 5.11 Å². The Balaban J connectivity index is 1.63. The molecule has 2 N–H and O–H groups in total. The first-order valence-corrected chi connectivity index (χ1v) is 8.81. The van der Waals surface area contributed by atoms with E-state index in [1.807, 2.05) is 36.4 Å². The van der Waals surface area contributed by atoms with Gasteiger partial charge in [0.1, 0.15) is 11.6 Å². The van der Waals surface area contributed by atoms with Crippen LogP contribution < -0.4 is 15.4 Å². The van der Waals surface area contributed by atoms with Crippen LogP contribution in [0.5, 0.6) is 5.75 Å². The molecule has 5 heteroatoms. The molecular formula is C21H21N3OS. The fourth-order valence-corrected chi connectivity index (χ4v) is 2.76. The number of hydrogen-bond donors (Lipinski definition) is 2. The molecule has 26 heavy (non-hydrogen) atoms. The summed E-state index contributed by atoms with van der Waals surface area (Å²) in [5, 5.41) is 6.98. The lowest BCUT2D eigenvalue weighted by Gasteiger charge is -2.13. The van der Waals surface area contributed by atoms with Crippen LogP contribution in [-0.2, 0) is 13.0 Å². The third-order valence-electron chi connectivity index (χ3n) is 3.97. The minimum Gasteiger partial charge on any atom is -0.497 e. The Kier molecular flexibility index (Phi) is 6.17. The van der Waals surface area contributed by atoms with Crippen molar-refractivity contribution in [2.45, 2.75) is 13.0 Å².